The molecule has 2 aromatic carbocycles. The van der Waals surface area contributed by atoms with Crippen LogP contribution in [0, 0.1) is 13.8 Å². The van der Waals surface area contributed by atoms with Crippen LogP contribution in [-0.2, 0) is 6.54 Å². The van der Waals surface area contributed by atoms with Crippen LogP contribution in [0.5, 0.6) is 11.5 Å². The number of carboxylic acid groups (broad SMARTS) is 1. The van der Waals surface area contributed by atoms with Gasteiger partial charge in [0.2, 0.25) is 0 Å². The summed E-state index contributed by atoms with van der Waals surface area (Å²) in [5.74, 6) is 2.10. The third kappa shape index (κ3) is 5.23. The molecule has 0 fully saturated rings. The molecule has 5 rings (SSSR count). The second-order valence-electron chi connectivity index (χ2n) is 8.08. The summed E-state index contributed by atoms with van der Waals surface area (Å²) in [5, 5.41) is 18.0. The molecule has 0 radical (unpaired) electrons. The van der Waals surface area contributed by atoms with Gasteiger partial charge in [0.15, 0.2) is 0 Å². The molecule has 9 nitrogen and oxygen atoms in total. The van der Waals surface area contributed by atoms with Gasteiger partial charge in [-0.3, -0.25) is 4.98 Å². The first-order valence-corrected chi connectivity index (χ1v) is 12.0. The van der Waals surface area contributed by atoms with E-state index >= 15 is 0 Å². The first kappa shape index (κ1) is 23.2. The molecule has 180 valence electrons. The highest BCUT2D eigenvalue weighted by Crippen LogP contribution is 2.31. The lowest BCUT2D eigenvalue weighted by Gasteiger charge is -2.13. The van der Waals surface area contributed by atoms with E-state index in [-0.39, 0.29) is 6.54 Å². The van der Waals surface area contributed by atoms with E-state index in [9.17, 15) is 4.79 Å². The van der Waals surface area contributed by atoms with Gasteiger partial charge in [-0.15, -0.1) is 11.3 Å². The molecule has 36 heavy (non-hydrogen) atoms. The highest BCUT2D eigenvalue weighted by atomic mass is 32.1. The van der Waals surface area contributed by atoms with Crippen molar-refractivity contribution in [1.82, 2.24) is 25.3 Å². The SMILES string of the molecule is Cc1ccc(Oc2ccc(Nc3ncnc4ccc(-c5csc(CNC(=O)O)n5)cc34)cc2C)cn1. The second kappa shape index (κ2) is 9.96. The van der Waals surface area contributed by atoms with Gasteiger partial charge in [-0.25, -0.2) is 19.7 Å². The highest BCUT2D eigenvalue weighted by Gasteiger charge is 2.11. The van der Waals surface area contributed by atoms with Crippen molar-refractivity contribution in [2.75, 3.05) is 5.32 Å². The van der Waals surface area contributed by atoms with Gasteiger partial charge in [-0.05, 0) is 61.9 Å². The van der Waals surface area contributed by atoms with Crippen molar-refractivity contribution in [2.45, 2.75) is 20.4 Å². The molecule has 0 spiro atoms. The molecule has 0 atom stereocenters. The molecule has 0 bridgehead atoms. The maximum atomic E-state index is 10.8. The molecule has 10 heteroatoms. The summed E-state index contributed by atoms with van der Waals surface area (Å²) in [6, 6.07) is 15.5. The van der Waals surface area contributed by atoms with Crippen LogP contribution in [0.1, 0.15) is 16.3 Å². The Bertz CT molecular complexity index is 1550. The van der Waals surface area contributed by atoms with E-state index in [1.54, 1.807) is 6.20 Å². The molecule has 0 saturated carbocycles. The van der Waals surface area contributed by atoms with E-state index in [1.165, 1.54) is 17.7 Å². The van der Waals surface area contributed by atoms with Crippen molar-refractivity contribution in [3.05, 3.63) is 82.7 Å². The third-order valence-corrected chi connectivity index (χ3v) is 6.27. The number of benzene rings is 2. The Balaban J connectivity index is 1.38. The maximum Gasteiger partial charge on any atom is 0.405 e. The molecule has 3 heterocycles. The molecule has 3 N–H and O–H groups in total. The van der Waals surface area contributed by atoms with Crippen molar-refractivity contribution < 1.29 is 14.6 Å². The van der Waals surface area contributed by atoms with Gasteiger partial charge in [0, 0.05) is 27.7 Å². The largest absolute Gasteiger partial charge is 0.465 e. The average Bonchev–Trinajstić information content (AvgIpc) is 3.35. The zero-order chi connectivity index (χ0) is 25.1. The number of amides is 1. The quantitative estimate of drug-likeness (QED) is 0.247. The number of anilines is 2. The third-order valence-electron chi connectivity index (χ3n) is 5.42. The zero-order valence-corrected chi connectivity index (χ0v) is 20.3. The summed E-state index contributed by atoms with van der Waals surface area (Å²) in [5.41, 5.74) is 5.21. The number of nitrogens with one attached hydrogen (secondary N) is 2. The summed E-state index contributed by atoms with van der Waals surface area (Å²) in [4.78, 5) is 28.4. The van der Waals surface area contributed by atoms with Gasteiger partial charge in [-0.2, -0.15) is 0 Å². The predicted octanol–water partition coefficient (Wildman–Crippen LogP) is 6.07. The van der Waals surface area contributed by atoms with Crippen molar-refractivity contribution in [3.8, 4) is 22.8 Å². The number of thiazole rings is 1. The fourth-order valence-electron chi connectivity index (χ4n) is 3.61. The monoisotopic (exact) mass is 498 g/mol. The lowest BCUT2D eigenvalue weighted by atomic mass is 10.1. The molecule has 0 saturated heterocycles. The van der Waals surface area contributed by atoms with Crippen LogP contribution in [0.2, 0.25) is 0 Å². The minimum Gasteiger partial charge on any atom is -0.465 e. The van der Waals surface area contributed by atoms with Crippen molar-refractivity contribution in [2.24, 2.45) is 0 Å². The standard InChI is InChI=1S/C26H22N6O3S/c1-15-9-18(5-8-23(15)35-19-6-3-16(2)27-11-19)31-25-20-10-17(4-7-21(20)29-14-30-25)22-13-36-24(32-22)12-28-26(33)34/h3-11,13-14,28H,12H2,1-2H3,(H,33,34)(H,29,30,31). The minimum absolute atomic E-state index is 0.170. The molecular weight excluding hydrogens is 476 g/mol. The fraction of sp³-hybridized carbons (Fsp3) is 0.115. The smallest absolute Gasteiger partial charge is 0.405 e. The number of nitrogens with zero attached hydrogens (tertiary/aromatic N) is 4. The minimum atomic E-state index is -1.08. The Morgan fingerprint density at radius 3 is 2.72 bits per heavy atom. The van der Waals surface area contributed by atoms with E-state index in [2.05, 4.69) is 30.6 Å². The summed E-state index contributed by atoms with van der Waals surface area (Å²) >= 11 is 1.40. The van der Waals surface area contributed by atoms with E-state index in [0.29, 0.717) is 16.6 Å². The van der Waals surface area contributed by atoms with Crippen LogP contribution in [0.3, 0.4) is 0 Å². The number of aryl methyl sites for hydroxylation is 2. The van der Waals surface area contributed by atoms with Crippen LogP contribution < -0.4 is 15.4 Å². The van der Waals surface area contributed by atoms with Crippen LogP contribution in [-0.4, -0.2) is 31.1 Å². The summed E-state index contributed by atoms with van der Waals surface area (Å²) in [7, 11) is 0. The normalized spacial score (nSPS) is 10.8. The Morgan fingerprint density at radius 1 is 1.06 bits per heavy atom. The predicted molar refractivity (Wildman–Crippen MR) is 139 cm³/mol. The molecule has 3 aromatic heterocycles. The highest BCUT2D eigenvalue weighted by molar-refractivity contribution is 7.09. The van der Waals surface area contributed by atoms with Crippen molar-refractivity contribution >= 4 is 39.8 Å². The number of ether oxygens (including phenoxy) is 1. The Morgan fingerprint density at radius 2 is 1.94 bits per heavy atom. The number of hydrogen-bond acceptors (Lipinski definition) is 8. The number of aromatic nitrogens is 4. The van der Waals surface area contributed by atoms with Gasteiger partial charge in [0.1, 0.15) is 28.7 Å². The zero-order valence-electron chi connectivity index (χ0n) is 19.5. The average molecular weight is 499 g/mol. The molecule has 0 aliphatic carbocycles. The molecular formula is C26H22N6O3S. The summed E-state index contributed by atoms with van der Waals surface area (Å²) < 4.78 is 5.98. The lowest BCUT2D eigenvalue weighted by molar-refractivity contribution is 0.194. The summed E-state index contributed by atoms with van der Waals surface area (Å²) in [6.07, 6.45) is 2.16. The van der Waals surface area contributed by atoms with Crippen LogP contribution in [0.25, 0.3) is 22.2 Å². The Labute approximate surface area is 210 Å². The van der Waals surface area contributed by atoms with E-state index in [4.69, 9.17) is 9.84 Å². The molecule has 5 aromatic rings. The van der Waals surface area contributed by atoms with E-state index in [1.807, 2.05) is 67.8 Å². The molecule has 1 amide bonds. The Hall–Kier alpha value is -4.57. The molecule has 0 aliphatic rings. The van der Waals surface area contributed by atoms with Crippen LogP contribution in [0.4, 0.5) is 16.3 Å². The molecule has 0 aliphatic heterocycles. The van der Waals surface area contributed by atoms with Gasteiger partial charge in [0.05, 0.1) is 24.0 Å². The number of carbonyl (C=O) groups is 1. The van der Waals surface area contributed by atoms with Crippen molar-refractivity contribution in [1.29, 1.82) is 0 Å². The van der Waals surface area contributed by atoms with Crippen molar-refractivity contribution in [3.63, 3.8) is 0 Å². The maximum absolute atomic E-state index is 10.8. The van der Waals surface area contributed by atoms with Gasteiger partial charge >= 0.3 is 6.09 Å². The van der Waals surface area contributed by atoms with Gasteiger partial charge < -0.3 is 20.5 Å². The van der Waals surface area contributed by atoms with Gasteiger partial charge in [0.25, 0.3) is 0 Å². The topological polar surface area (TPSA) is 122 Å². The lowest BCUT2D eigenvalue weighted by Crippen LogP contribution is -2.19. The fourth-order valence-corrected chi connectivity index (χ4v) is 4.35. The number of fused-ring (bicyclic) bond motifs is 1. The number of pyridine rings is 1. The first-order chi connectivity index (χ1) is 17.4. The van der Waals surface area contributed by atoms with E-state index < -0.39 is 6.09 Å². The van der Waals surface area contributed by atoms with Gasteiger partial charge in [-0.1, -0.05) is 6.07 Å². The van der Waals surface area contributed by atoms with E-state index in [0.717, 1.165) is 44.9 Å². The van der Waals surface area contributed by atoms with Crippen LogP contribution >= 0.6 is 11.3 Å². The second-order valence-corrected chi connectivity index (χ2v) is 9.02. The Kier molecular flexibility index (Phi) is 6.42. The number of hydrogen-bond donors (Lipinski definition) is 3. The number of rotatable bonds is 7. The van der Waals surface area contributed by atoms with Crippen LogP contribution in [0.15, 0.2) is 66.4 Å². The summed E-state index contributed by atoms with van der Waals surface area (Å²) in [6.45, 7) is 4.09. The first-order valence-electron chi connectivity index (χ1n) is 11.1. The molecule has 0 unspecified atom stereocenters.